The summed E-state index contributed by atoms with van der Waals surface area (Å²) in [5.41, 5.74) is 1.76. The minimum absolute atomic E-state index is 0.192. The Labute approximate surface area is 125 Å². The number of rotatable bonds is 4. The summed E-state index contributed by atoms with van der Waals surface area (Å²) in [7, 11) is 0. The Morgan fingerprint density at radius 2 is 1.65 bits per heavy atom. The molecule has 0 heterocycles. The van der Waals surface area contributed by atoms with Crippen molar-refractivity contribution in [1.82, 2.24) is 0 Å². The van der Waals surface area contributed by atoms with Gasteiger partial charge < -0.3 is 9.84 Å². The van der Waals surface area contributed by atoms with Crippen LogP contribution in [0.5, 0.6) is 5.75 Å². The van der Waals surface area contributed by atoms with Gasteiger partial charge in [-0.05, 0) is 49.6 Å². The van der Waals surface area contributed by atoms with Gasteiger partial charge in [0.1, 0.15) is 18.0 Å². The van der Waals surface area contributed by atoms with Crippen LogP contribution in [0.4, 0.5) is 0 Å². The van der Waals surface area contributed by atoms with Crippen molar-refractivity contribution in [1.29, 1.82) is 0 Å². The summed E-state index contributed by atoms with van der Waals surface area (Å²) in [4.78, 5) is 0. The van der Waals surface area contributed by atoms with Crippen LogP contribution in [0.15, 0.2) is 42.5 Å². The van der Waals surface area contributed by atoms with Gasteiger partial charge in [0.2, 0.25) is 0 Å². The van der Waals surface area contributed by atoms with Gasteiger partial charge >= 0.3 is 0 Å². The lowest BCUT2D eigenvalue weighted by molar-refractivity contribution is 0.00756. The molecule has 0 aromatic heterocycles. The molecule has 0 saturated carbocycles. The highest BCUT2D eigenvalue weighted by molar-refractivity contribution is 6.32. The molecule has 0 radical (unpaired) electrons. The minimum atomic E-state index is -1.03. The van der Waals surface area contributed by atoms with Crippen LogP contribution >= 0.6 is 11.6 Å². The van der Waals surface area contributed by atoms with E-state index in [1.807, 2.05) is 56.3 Å². The topological polar surface area (TPSA) is 29.5 Å². The quantitative estimate of drug-likeness (QED) is 0.912. The van der Waals surface area contributed by atoms with Gasteiger partial charge in [0.25, 0.3) is 0 Å². The molecule has 1 N–H and O–H groups in total. The largest absolute Gasteiger partial charge is 0.490 e. The fourth-order valence-corrected chi connectivity index (χ4v) is 2.20. The second-order valence-electron chi connectivity index (χ2n) is 5.30. The van der Waals surface area contributed by atoms with Crippen molar-refractivity contribution >= 4 is 11.6 Å². The molecule has 106 valence electrons. The third kappa shape index (κ3) is 3.33. The molecular weight excluding hydrogens is 272 g/mol. The molecule has 0 aliphatic rings. The first-order valence-electron chi connectivity index (χ1n) is 6.57. The van der Waals surface area contributed by atoms with E-state index in [1.165, 1.54) is 0 Å². The van der Waals surface area contributed by atoms with E-state index in [0.717, 1.165) is 27.5 Å². The minimum Gasteiger partial charge on any atom is -0.490 e. The Bertz CT molecular complexity index is 568. The number of hydrogen-bond acceptors (Lipinski definition) is 2. The molecular formula is C17H19ClO2. The Kier molecular flexibility index (Phi) is 4.36. The molecule has 0 amide bonds. The van der Waals surface area contributed by atoms with Crippen LogP contribution in [0.25, 0.3) is 0 Å². The van der Waals surface area contributed by atoms with Crippen molar-refractivity contribution in [3.63, 3.8) is 0 Å². The maximum atomic E-state index is 10.5. The zero-order valence-corrected chi connectivity index (χ0v) is 12.7. The number of aliphatic hydroxyl groups is 1. The summed E-state index contributed by atoms with van der Waals surface area (Å²) in [5.74, 6) is 0.723. The van der Waals surface area contributed by atoms with Gasteiger partial charge in [0, 0.05) is 5.02 Å². The molecule has 2 nitrogen and oxygen atoms in total. The Morgan fingerprint density at radius 1 is 1.10 bits per heavy atom. The third-order valence-corrected chi connectivity index (χ3v) is 3.92. The fourth-order valence-electron chi connectivity index (χ4n) is 2.09. The average Bonchev–Trinajstić information content (AvgIpc) is 2.43. The molecule has 2 aromatic carbocycles. The average molecular weight is 291 g/mol. The van der Waals surface area contributed by atoms with Gasteiger partial charge in [-0.3, -0.25) is 0 Å². The third-order valence-electron chi connectivity index (χ3n) is 3.33. The molecule has 0 spiro atoms. The monoisotopic (exact) mass is 290 g/mol. The summed E-state index contributed by atoms with van der Waals surface area (Å²) < 4.78 is 5.73. The van der Waals surface area contributed by atoms with E-state index in [9.17, 15) is 5.11 Å². The van der Waals surface area contributed by atoms with Crippen molar-refractivity contribution in [2.24, 2.45) is 0 Å². The Morgan fingerprint density at radius 3 is 2.20 bits per heavy atom. The SMILES string of the molecule is Cc1cc(OCC(C)(O)c2ccccc2)cc(C)c1Cl. The van der Waals surface area contributed by atoms with Crippen molar-refractivity contribution < 1.29 is 9.84 Å². The first kappa shape index (κ1) is 14.9. The lowest BCUT2D eigenvalue weighted by Crippen LogP contribution is -2.29. The van der Waals surface area contributed by atoms with Crippen molar-refractivity contribution in [3.05, 3.63) is 64.2 Å². The highest BCUT2D eigenvalue weighted by Crippen LogP contribution is 2.27. The maximum Gasteiger partial charge on any atom is 0.121 e. The molecule has 1 atom stereocenters. The molecule has 0 aliphatic carbocycles. The molecule has 0 fully saturated rings. The van der Waals surface area contributed by atoms with Crippen LogP contribution in [0.2, 0.25) is 5.02 Å². The van der Waals surface area contributed by atoms with E-state index in [4.69, 9.17) is 16.3 Å². The van der Waals surface area contributed by atoms with E-state index in [-0.39, 0.29) is 6.61 Å². The van der Waals surface area contributed by atoms with Crippen LogP contribution < -0.4 is 4.74 Å². The summed E-state index contributed by atoms with van der Waals surface area (Å²) in [6.45, 7) is 5.82. The van der Waals surface area contributed by atoms with Crippen LogP contribution in [-0.2, 0) is 5.60 Å². The molecule has 2 aromatic rings. The summed E-state index contributed by atoms with van der Waals surface area (Å²) >= 11 is 6.13. The molecule has 3 heteroatoms. The van der Waals surface area contributed by atoms with E-state index < -0.39 is 5.60 Å². The number of hydrogen-bond donors (Lipinski definition) is 1. The van der Waals surface area contributed by atoms with Gasteiger partial charge in [0.15, 0.2) is 0 Å². The maximum absolute atomic E-state index is 10.5. The standard InChI is InChI=1S/C17H19ClO2/c1-12-9-15(10-13(2)16(12)18)20-11-17(3,19)14-7-5-4-6-8-14/h4-10,19H,11H2,1-3H3. The first-order valence-corrected chi connectivity index (χ1v) is 6.95. The second-order valence-corrected chi connectivity index (χ2v) is 5.68. The molecule has 0 saturated heterocycles. The van der Waals surface area contributed by atoms with Crippen LogP contribution in [0, 0.1) is 13.8 Å². The summed E-state index contributed by atoms with van der Waals surface area (Å²) in [6, 6.07) is 13.3. The smallest absolute Gasteiger partial charge is 0.121 e. The number of ether oxygens (including phenoxy) is 1. The van der Waals surface area contributed by atoms with E-state index in [1.54, 1.807) is 6.92 Å². The van der Waals surface area contributed by atoms with Gasteiger partial charge in [0.05, 0.1) is 0 Å². The van der Waals surface area contributed by atoms with E-state index >= 15 is 0 Å². The summed E-state index contributed by atoms with van der Waals surface area (Å²) in [6.07, 6.45) is 0. The summed E-state index contributed by atoms with van der Waals surface area (Å²) in [5, 5.41) is 11.2. The van der Waals surface area contributed by atoms with Gasteiger partial charge in [-0.25, -0.2) is 0 Å². The molecule has 2 rings (SSSR count). The first-order chi connectivity index (χ1) is 9.40. The van der Waals surface area contributed by atoms with Crippen molar-refractivity contribution in [2.75, 3.05) is 6.61 Å². The molecule has 0 bridgehead atoms. The normalized spacial score (nSPS) is 13.8. The van der Waals surface area contributed by atoms with E-state index in [2.05, 4.69) is 0 Å². The van der Waals surface area contributed by atoms with Gasteiger partial charge in [-0.1, -0.05) is 41.9 Å². The van der Waals surface area contributed by atoms with Gasteiger partial charge in [-0.15, -0.1) is 0 Å². The Hall–Kier alpha value is -1.51. The number of benzene rings is 2. The number of aryl methyl sites for hydroxylation is 2. The lowest BCUT2D eigenvalue weighted by Gasteiger charge is -2.24. The second kappa shape index (κ2) is 5.86. The molecule has 0 aliphatic heterocycles. The van der Waals surface area contributed by atoms with Crippen molar-refractivity contribution in [2.45, 2.75) is 26.4 Å². The molecule has 1 unspecified atom stereocenters. The van der Waals surface area contributed by atoms with Crippen LogP contribution in [-0.4, -0.2) is 11.7 Å². The van der Waals surface area contributed by atoms with Crippen LogP contribution in [0.3, 0.4) is 0 Å². The zero-order valence-electron chi connectivity index (χ0n) is 12.0. The van der Waals surface area contributed by atoms with Crippen molar-refractivity contribution in [3.8, 4) is 5.75 Å². The predicted octanol–water partition coefficient (Wildman–Crippen LogP) is 4.24. The molecule has 20 heavy (non-hydrogen) atoms. The Balaban J connectivity index is 2.12. The zero-order chi connectivity index (χ0) is 14.8. The lowest BCUT2D eigenvalue weighted by atomic mass is 9.97. The predicted molar refractivity (Wildman–Crippen MR) is 82.4 cm³/mol. The highest BCUT2D eigenvalue weighted by Gasteiger charge is 2.23. The highest BCUT2D eigenvalue weighted by atomic mass is 35.5. The fraction of sp³-hybridized carbons (Fsp3) is 0.294. The van der Waals surface area contributed by atoms with E-state index in [0.29, 0.717) is 0 Å². The van der Waals surface area contributed by atoms with Gasteiger partial charge in [-0.2, -0.15) is 0 Å². The number of halogens is 1. The van der Waals surface area contributed by atoms with Crippen LogP contribution in [0.1, 0.15) is 23.6 Å².